The van der Waals surface area contributed by atoms with Gasteiger partial charge in [-0.15, -0.1) is 0 Å². The average molecular weight is 343 g/mol. The summed E-state index contributed by atoms with van der Waals surface area (Å²) in [5, 5.41) is 4.04. The molecule has 0 bridgehead atoms. The monoisotopic (exact) mass is 343 g/mol. The van der Waals surface area contributed by atoms with Gasteiger partial charge in [0.25, 0.3) is 5.91 Å². The second kappa shape index (κ2) is 6.38. The normalized spacial score (nSPS) is 19.5. The number of likely N-dealkylation sites (tertiary alicyclic amines) is 1. The van der Waals surface area contributed by atoms with Crippen LogP contribution in [0.15, 0.2) is 22.7 Å². The quantitative estimate of drug-likeness (QED) is 0.853. The van der Waals surface area contributed by atoms with Crippen LogP contribution >= 0.6 is 0 Å². The number of hydrogen-bond donors (Lipinski definition) is 0. The molecule has 3 heterocycles. The molecule has 0 spiro atoms. The third kappa shape index (κ3) is 3.06. The third-order valence-corrected chi connectivity index (χ3v) is 4.65. The van der Waals surface area contributed by atoms with Crippen LogP contribution in [0.4, 0.5) is 0 Å². The lowest BCUT2D eigenvalue weighted by Gasteiger charge is -2.31. The Morgan fingerprint density at radius 1 is 1.28 bits per heavy atom. The Kier molecular flexibility index (Phi) is 4.07. The SMILES string of the molecule is CC(C)c1noc([C@H]2CCCN(C(=O)c3ccc4c(c3)OCO4)C2)n1. The number of carbonyl (C=O) groups excluding carboxylic acids is 1. The maximum absolute atomic E-state index is 12.9. The van der Waals surface area contributed by atoms with E-state index in [1.165, 1.54) is 0 Å². The van der Waals surface area contributed by atoms with E-state index in [9.17, 15) is 4.79 Å². The Labute approximate surface area is 145 Å². The van der Waals surface area contributed by atoms with Crippen LogP contribution in [0.3, 0.4) is 0 Å². The van der Waals surface area contributed by atoms with Crippen LogP contribution in [-0.4, -0.2) is 40.8 Å². The standard InChI is InChI=1S/C18H21N3O4/c1-11(2)16-19-17(25-20-16)13-4-3-7-21(9-13)18(22)12-5-6-14-15(8-12)24-10-23-14/h5-6,8,11,13H,3-4,7,9-10H2,1-2H3/t13-/m0/s1. The summed E-state index contributed by atoms with van der Waals surface area (Å²) < 4.78 is 16.1. The second-order valence-electron chi connectivity index (χ2n) is 6.80. The van der Waals surface area contributed by atoms with Crippen molar-refractivity contribution >= 4 is 5.91 Å². The van der Waals surface area contributed by atoms with Gasteiger partial charge in [0.05, 0.1) is 5.92 Å². The van der Waals surface area contributed by atoms with Gasteiger partial charge in [0, 0.05) is 24.6 Å². The molecule has 0 N–H and O–H groups in total. The Morgan fingerprint density at radius 3 is 2.92 bits per heavy atom. The fraction of sp³-hybridized carbons (Fsp3) is 0.500. The number of fused-ring (bicyclic) bond motifs is 1. The highest BCUT2D eigenvalue weighted by molar-refractivity contribution is 5.95. The van der Waals surface area contributed by atoms with Crippen LogP contribution in [0, 0.1) is 0 Å². The number of carbonyl (C=O) groups is 1. The third-order valence-electron chi connectivity index (χ3n) is 4.65. The summed E-state index contributed by atoms with van der Waals surface area (Å²) in [5.74, 6) is 2.96. The molecule has 2 aliphatic rings. The van der Waals surface area contributed by atoms with Gasteiger partial charge >= 0.3 is 0 Å². The number of rotatable bonds is 3. The van der Waals surface area contributed by atoms with E-state index in [1.807, 2.05) is 18.7 Å². The Bertz CT molecular complexity index is 786. The van der Waals surface area contributed by atoms with Crippen LogP contribution in [-0.2, 0) is 0 Å². The van der Waals surface area contributed by atoms with Gasteiger partial charge in [0.1, 0.15) is 0 Å². The van der Waals surface area contributed by atoms with Crippen molar-refractivity contribution in [1.29, 1.82) is 0 Å². The van der Waals surface area contributed by atoms with Crippen LogP contribution in [0.5, 0.6) is 11.5 Å². The molecule has 1 saturated heterocycles. The van der Waals surface area contributed by atoms with E-state index in [4.69, 9.17) is 14.0 Å². The summed E-state index contributed by atoms with van der Waals surface area (Å²) in [6, 6.07) is 5.31. The van der Waals surface area contributed by atoms with E-state index >= 15 is 0 Å². The van der Waals surface area contributed by atoms with Crippen LogP contribution in [0.1, 0.15) is 60.6 Å². The molecule has 0 saturated carbocycles. The van der Waals surface area contributed by atoms with Crippen molar-refractivity contribution in [2.24, 2.45) is 0 Å². The first-order valence-corrected chi connectivity index (χ1v) is 8.64. The number of benzene rings is 1. The molecule has 4 rings (SSSR count). The second-order valence-corrected chi connectivity index (χ2v) is 6.80. The van der Waals surface area contributed by atoms with Gasteiger partial charge in [-0.25, -0.2) is 0 Å². The molecular formula is C18H21N3O4. The Morgan fingerprint density at radius 2 is 2.12 bits per heavy atom. The van der Waals surface area contributed by atoms with Gasteiger partial charge in [0.2, 0.25) is 12.7 Å². The summed E-state index contributed by atoms with van der Waals surface area (Å²) in [5.41, 5.74) is 0.610. The number of nitrogens with zero attached hydrogens (tertiary/aromatic N) is 3. The highest BCUT2D eigenvalue weighted by atomic mass is 16.7. The maximum Gasteiger partial charge on any atom is 0.254 e. The first kappa shape index (κ1) is 15.9. The lowest BCUT2D eigenvalue weighted by molar-refractivity contribution is 0.0695. The minimum Gasteiger partial charge on any atom is -0.454 e. The van der Waals surface area contributed by atoms with Crippen molar-refractivity contribution in [2.45, 2.75) is 38.5 Å². The molecular weight excluding hydrogens is 322 g/mol. The van der Waals surface area contributed by atoms with Crippen LogP contribution in [0.2, 0.25) is 0 Å². The van der Waals surface area contributed by atoms with Crippen LogP contribution in [0.25, 0.3) is 0 Å². The molecule has 132 valence electrons. The largest absolute Gasteiger partial charge is 0.454 e. The van der Waals surface area contributed by atoms with E-state index in [2.05, 4.69) is 10.1 Å². The fourth-order valence-corrected chi connectivity index (χ4v) is 3.22. The van der Waals surface area contributed by atoms with Crippen molar-refractivity contribution in [1.82, 2.24) is 15.0 Å². The van der Waals surface area contributed by atoms with Crippen molar-refractivity contribution in [3.63, 3.8) is 0 Å². The smallest absolute Gasteiger partial charge is 0.254 e. The lowest BCUT2D eigenvalue weighted by Crippen LogP contribution is -2.39. The maximum atomic E-state index is 12.9. The Balaban J connectivity index is 1.49. The zero-order chi connectivity index (χ0) is 17.4. The molecule has 7 nitrogen and oxygen atoms in total. The highest BCUT2D eigenvalue weighted by Crippen LogP contribution is 2.34. The van der Waals surface area contributed by atoms with Gasteiger partial charge in [-0.05, 0) is 31.0 Å². The van der Waals surface area contributed by atoms with Crippen molar-refractivity contribution < 1.29 is 18.8 Å². The molecule has 2 aliphatic heterocycles. The van der Waals surface area contributed by atoms with E-state index in [1.54, 1.807) is 18.2 Å². The van der Waals surface area contributed by atoms with E-state index < -0.39 is 0 Å². The molecule has 2 aromatic rings. The van der Waals surface area contributed by atoms with E-state index in [0.29, 0.717) is 35.3 Å². The van der Waals surface area contributed by atoms with Crippen molar-refractivity contribution in [3.05, 3.63) is 35.5 Å². The van der Waals surface area contributed by atoms with Crippen molar-refractivity contribution in [2.75, 3.05) is 19.9 Å². The molecule has 7 heteroatoms. The summed E-state index contributed by atoms with van der Waals surface area (Å²) in [6.45, 7) is 5.59. The van der Waals surface area contributed by atoms with Gasteiger partial charge < -0.3 is 18.9 Å². The van der Waals surface area contributed by atoms with Gasteiger partial charge in [-0.3, -0.25) is 4.79 Å². The number of hydrogen-bond acceptors (Lipinski definition) is 6. The molecule has 1 amide bonds. The number of aromatic nitrogens is 2. The predicted molar refractivity (Wildman–Crippen MR) is 88.8 cm³/mol. The average Bonchev–Trinajstić information content (AvgIpc) is 3.30. The van der Waals surface area contributed by atoms with E-state index in [-0.39, 0.29) is 24.5 Å². The lowest BCUT2D eigenvalue weighted by atomic mass is 9.97. The summed E-state index contributed by atoms with van der Waals surface area (Å²) in [6.07, 6.45) is 1.87. The fourth-order valence-electron chi connectivity index (χ4n) is 3.22. The minimum atomic E-state index is -0.00778. The first-order chi connectivity index (χ1) is 12.1. The zero-order valence-corrected chi connectivity index (χ0v) is 14.4. The molecule has 0 radical (unpaired) electrons. The summed E-state index contributed by atoms with van der Waals surface area (Å²) >= 11 is 0. The molecule has 25 heavy (non-hydrogen) atoms. The van der Waals surface area contributed by atoms with Gasteiger partial charge in [0.15, 0.2) is 17.3 Å². The molecule has 1 aromatic heterocycles. The predicted octanol–water partition coefficient (Wildman–Crippen LogP) is 2.94. The molecule has 1 aromatic carbocycles. The Hall–Kier alpha value is -2.57. The topological polar surface area (TPSA) is 77.7 Å². The van der Waals surface area contributed by atoms with Gasteiger partial charge in [-0.1, -0.05) is 19.0 Å². The molecule has 1 atom stereocenters. The molecule has 1 fully saturated rings. The highest BCUT2D eigenvalue weighted by Gasteiger charge is 2.30. The number of ether oxygens (including phenoxy) is 2. The van der Waals surface area contributed by atoms with E-state index in [0.717, 1.165) is 19.4 Å². The zero-order valence-electron chi connectivity index (χ0n) is 14.4. The molecule has 0 unspecified atom stereocenters. The van der Waals surface area contributed by atoms with Crippen LogP contribution < -0.4 is 9.47 Å². The molecule has 0 aliphatic carbocycles. The first-order valence-electron chi connectivity index (χ1n) is 8.64. The number of amides is 1. The summed E-state index contributed by atoms with van der Waals surface area (Å²) in [7, 11) is 0. The number of piperidine rings is 1. The summed E-state index contributed by atoms with van der Waals surface area (Å²) in [4.78, 5) is 19.2. The minimum absolute atomic E-state index is 0.00778. The van der Waals surface area contributed by atoms with Gasteiger partial charge in [-0.2, -0.15) is 4.98 Å². The van der Waals surface area contributed by atoms with Crippen molar-refractivity contribution in [3.8, 4) is 11.5 Å².